The third-order valence-electron chi connectivity index (χ3n) is 11.8. The molecule has 0 aromatic heterocycles. The first-order valence-corrected chi connectivity index (χ1v) is 18.4. The number of alkyl carbamates (subject to hydrolysis) is 1. The lowest BCUT2D eigenvalue weighted by molar-refractivity contribution is -0.146. The van der Waals surface area contributed by atoms with E-state index in [1.165, 1.54) is 4.90 Å². The molecule has 3 N–H and O–H groups in total. The molecule has 2 saturated heterocycles. The minimum atomic E-state index is -1.34. The van der Waals surface area contributed by atoms with Crippen LogP contribution in [0, 0.1) is 11.3 Å². The number of ether oxygens (including phenoxy) is 3. The van der Waals surface area contributed by atoms with Crippen LogP contribution in [0.15, 0.2) is 30.3 Å². The van der Waals surface area contributed by atoms with E-state index in [0.29, 0.717) is 25.7 Å². The summed E-state index contributed by atoms with van der Waals surface area (Å²) in [5.41, 5.74) is -0.588. The molecule has 3 amide bonds. The number of rotatable bonds is 3. The number of benzene rings is 2. The van der Waals surface area contributed by atoms with Crippen molar-refractivity contribution in [3.05, 3.63) is 41.5 Å². The van der Waals surface area contributed by atoms with Gasteiger partial charge in [0.05, 0.1) is 20.3 Å². The molecule has 4 aliphatic rings. The number of carboxylic acids is 1. The van der Waals surface area contributed by atoms with E-state index in [-0.39, 0.29) is 30.9 Å². The van der Waals surface area contributed by atoms with Crippen LogP contribution in [0.25, 0.3) is 10.8 Å². The SMILES string of the molecule is COc1cc2ccc3cc2cc1CCCC(C)(C)CCOC(=O)N[C@H]1CCCCCCC[C@H]2C[C@@]2(C(=O)O)NC(=O)[C@@H]2C[C@]3(OC)CN2C1=O. The molecule has 2 aromatic rings. The lowest BCUT2D eigenvalue weighted by Gasteiger charge is -2.31. The van der Waals surface area contributed by atoms with Gasteiger partial charge in [0.15, 0.2) is 0 Å². The Morgan fingerprint density at radius 2 is 1.70 bits per heavy atom. The molecule has 272 valence electrons. The van der Waals surface area contributed by atoms with Gasteiger partial charge in [-0.1, -0.05) is 58.1 Å². The Kier molecular flexibility index (Phi) is 10.4. The average molecular weight is 692 g/mol. The van der Waals surface area contributed by atoms with Crippen molar-refractivity contribution in [2.24, 2.45) is 11.3 Å². The standard InChI is InChI=1S/C39H53N3O8/c1-37(2)16-10-11-26-19-27-20-28(15-14-25(27)21-32(26)48-3)38(49-4)23-31-33(43)41-39(35(45)46)22-29(39)12-8-6-5-7-9-13-30(34(44)42(31)24-38)40-36(47)50-18-17-37/h14-15,19-21,29-31H,5-13,16-18,22-24H2,1-4H3,(H,40,47)(H,41,43)(H,45,46)/t29-,30-,31-,38-,39+/m0/s1. The maximum Gasteiger partial charge on any atom is 0.407 e. The minimum Gasteiger partial charge on any atom is -0.496 e. The second-order valence-electron chi connectivity index (χ2n) is 15.7. The highest BCUT2D eigenvalue weighted by Crippen LogP contribution is 2.48. The first-order valence-electron chi connectivity index (χ1n) is 18.4. The number of hydrogen-bond acceptors (Lipinski definition) is 7. The summed E-state index contributed by atoms with van der Waals surface area (Å²) >= 11 is 0. The van der Waals surface area contributed by atoms with Gasteiger partial charge in [0.2, 0.25) is 11.8 Å². The molecule has 6 bridgehead atoms. The molecule has 0 spiro atoms. The molecule has 0 unspecified atom stereocenters. The zero-order chi connectivity index (χ0) is 35.7. The van der Waals surface area contributed by atoms with Crippen LogP contribution in [0.1, 0.15) is 102 Å². The maximum atomic E-state index is 14.6. The zero-order valence-corrected chi connectivity index (χ0v) is 30.0. The van der Waals surface area contributed by atoms with Gasteiger partial charge in [0.25, 0.3) is 0 Å². The largest absolute Gasteiger partial charge is 0.496 e. The Labute approximate surface area is 294 Å². The monoisotopic (exact) mass is 691 g/mol. The molecule has 5 atom stereocenters. The van der Waals surface area contributed by atoms with Crippen molar-refractivity contribution in [1.29, 1.82) is 0 Å². The number of carbonyl (C=O) groups excluding carboxylic acids is 3. The molecule has 3 aliphatic heterocycles. The second kappa shape index (κ2) is 14.4. The second-order valence-corrected chi connectivity index (χ2v) is 15.7. The number of nitrogens with one attached hydrogen (secondary N) is 2. The van der Waals surface area contributed by atoms with Crippen molar-refractivity contribution in [2.75, 3.05) is 27.4 Å². The smallest absolute Gasteiger partial charge is 0.407 e. The van der Waals surface area contributed by atoms with Crippen LogP contribution in [0.2, 0.25) is 0 Å². The number of nitrogens with zero attached hydrogens (tertiary/aromatic N) is 1. The summed E-state index contributed by atoms with van der Waals surface area (Å²) < 4.78 is 17.7. The summed E-state index contributed by atoms with van der Waals surface area (Å²) in [6, 6.07) is 8.31. The van der Waals surface area contributed by atoms with Gasteiger partial charge < -0.3 is 34.9 Å². The van der Waals surface area contributed by atoms with E-state index >= 15 is 0 Å². The van der Waals surface area contributed by atoms with E-state index in [1.807, 2.05) is 18.2 Å². The van der Waals surface area contributed by atoms with Crippen LogP contribution < -0.4 is 15.4 Å². The summed E-state index contributed by atoms with van der Waals surface area (Å²) in [5, 5.41) is 18.0. The fraction of sp³-hybridized carbons (Fsp3) is 0.641. The molecule has 11 nitrogen and oxygen atoms in total. The van der Waals surface area contributed by atoms with E-state index in [2.05, 4.69) is 36.6 Å². The van der Waals surface area contributed by atoms with Gasteiger partial charge in [0, 0.05) is 13.5 Å². The fourth-order valence-corrected chi connectivity index (χ4v) is 8.47. The normalized spacial score (nSPS) is 30.9. The molecule has 0 radical (unpaired) electrons. The number of fused-ring (bicyclic) bond motifs is 6. The van der Waals surface area contributed by atoms with Crippen LogP contribution in [-0.2, 0) is 35.9 Å². The molecule has 3 heterocycles. The van der Waals surface area contributed by atoms with Gasteiger partial charge in [-0.15, -0.1) is 0 Å². The number of aliphatic carboxylic acids is 1. The number of carbonyl (C=O) groups is 4. The minimum absolute atomic E-state index is 0.0554. The van der Waals surface area contributed by atoms with Crippen LogP contribution in [0.5, 0.6) is 5.75 Å². The number of hydrogen-bond donors (Lipinski definition) is 3. The van der Waals surface area contributed by atoms with Crippen LogP contribution >= 0.6 is 0 Å². The molecule has 1 saturated carbocycles. The van der Waals surface area contributed by atoms with E-state index < -0.39 is 47.1 Å². The summed E-state index contributed by atoms with van der Waals surface area (Å²) in [7, 11) is 3.26. The third-order valence-corrected chi connectivity index (χ3v) is 11.8. The summed E-state index contributed by atoms with van der Waals surface area (Å²) in [4.78, 5) is 56.1. The first kappa shape index (κ1) is 35.9. The van der Waals surface area contributed by atoms with Gasteiger partial charge in [-0.25, -0.2) is 9.59 Å². The highest BCUT2D eigenvalue weighted by Gasteiger charge is 2.62. The number of methoxy groups -OCH3 is 2. The number of cyclic esters (lactones) is 1. The van der Waals surface area contributed by atoms with Crippen molar-refractivity contribution in [1.82, 2.24) is 15.5 Å². The Hall–Kier alpha value is -3.86. The number of carboxylic acid groups (broad SMARTS) is 1. The molecule has 1 aliphatic carbocycles. The van der Waals surface area contributed by atoms with Gasteiger partial charge >= 0.3 is 12.1 Å². The maximum absolute atomic E-state index is 14.6. The summed E-state index contributed by atoms with van der Waals surface area (Å²) in [6.45, 7) is 4.60. The predicted octanol–water partition coefficient (Wildman–Crippen LogP) is 5.84. The van der Waals surface area contributed by atoms with E-state index in [4.69, 9.17) is 14.2 Å². The van der Waals surface area contributed by atoms with Gasteiger partial charge in [-0.05, 0) is 96.4 Å². The van der Waals surface area contributed by atoms with E-state index in [0.717, 1.165) is 79.0 Å². The Bertz CT molecular complexity index is 1630. The van der Waals surface area contributed by atoms with Gasteiger partial charge in [0.1, 0.15) is 29.0 Å². The Morgan fingerprint density at radius 3 is 2.44 bits per heavy atom. The van der Waals surface area contributed by atoms with Gasteiger partial charge in [-0.2, -0.15) is 0 Å². The third kappa shape index (κ3) is 7.29. The lowest BCUT2D eigenvalue weighted by atomic mass is 9.83. The lowest BCUT2D eigenvalue weighted by Crippen LogP contribution is -2.56. The highest BCUT2D eigenvalue weighted by atomic mass is 16.5. The number of aryl methyl sites for hydroxylation is 1. The van der Waals surface area contributed by atoms with Crippen LogP contribution in [-0.4, -0.2) is 78.9 Å². The fourth-order valence-electron chi connectivity index (χ4n) is 8.47. The highest BCUT2D eigenvalue weighted by molar-refractivity contribution is 5.96. The van der Waals surface area contributed by atoms with Crippen molar-refractivity contribution >= 4 is 34.6 Å². The van der Waals surface area contributed by atoms with E-state index in [1.54, 1.807) is 14.2 Å². The van der Waals surface area contributed by atoms with Gasteiger partial charge in [-0.3, -0.25) is 9.59 Å². The van der Waals surface area contributed by atoms with E-state index in [9.17, 15) is 24.3 Å². The quantitative estimate of drug-likeness (QED) is 0.364. The summed E-state index contributed by atoms with van der Waals surface area (Å²) in [5.74, 6) is -1.30. The van der Waals surface area contributed by atoms with Crippen molar-refractivity contribution in [3.63, 3.8) is 0 Å². The molecule has 6 rings (SSSR count). The van der Waals surface area contributed by atoms with Crippen molar-refractivity contribution < 1.29 is 38.5 Å². The Morgan fingerprint density at radius 1 is 0.940 bits per heavy atom. The Balaban J connectivity index is 1.43. The molecular formula is C39H53N3O8. The van der Waals surface area contributed by atoms with Crippen molar-refractivity contribution in [3.8, 4) is 5.75 Å². The predicted molar refractivity (Wildman–Crippen MR) is 188 cm³/mol. The zero-order valence-electron chi connectivity index (χ0n) is 30.0. The topological polar surface area (TPSA) is 144 Å². The molecule has 3 fully saturated rings. The van der Waals surface area contributed by atoms with Crippen molar-refractivity contribution in [2.45, 2.75) is 121 Å². The first-order chi connectivity index (χ1) is 23.9. The van der Waals surface area contributed by atoms with Crippen LogP contribution in [0.3, 0.4) is 0 Å². The number of amides is 3. The molecular weight excluding hydrogens is 638 g/mol. The average Bonchev–Trinajstić information content (AvgIpc) is 3.63. The molecule has 11 heteroatoms. The molecule has 2 aromatic carbocycles. The molecule has 50 heavy (non-hydrogen) atoms. The summed E-state index contributed by atoms with van der Waals surface area (Å²) in [6.07, 6.45) is 8.60. The van der Waals surface area contributed by atoms with Crippen LogP contribution in [0.4, 0.5) is 4.79 Å².